The van der Waals surface area contributed by atoms with Gasteiger partial charge >= 0.3 is 6.09 Å². The first-order valence-electron chi connectivity index (χ1n) is 5.63. The Morgan fingerprint density at radius 3 is 2.47 bits per heavy atom. The monoisotopic (exact) mass is 214 g/mol. The maximum atomic E-state index is 11.5. The largest absolute Gasteiger partial charge is 0.449 e. The Morgan fingerprint density at radius 2 is 2.00 bits per heavy atom. The van der Waals surface area contributed by atoms with Crippen LogP contribution in [-0.4, -0.2) is 37.3 Å². The van der Waals surface area contributed by atoms with Crippen LogP contribution < -0.4 is 0 Å². The molecule has 0 N–H and O–H groups in total. The zero-order valence-electron chi connectivity index (χ0n) is 9.57. The molecule has 4 nitrogen and oxygen atoms in total. The van der Waals surface area contributed by atoms with E-state index in [0.29, 0.717) is 25.6 Å². The fraction of sp³-hybridized carbons (Fsp3) is 0.909. The summed E-state index contributed by atoms with van der Waals surface area (Å²) in [6, 6.07) is 0. The molecule has 4 heteroatoms. The molecule has 0 bridgehead atoms. The van der Waals surface area contributed by atoms with E-state index < -0.39 is 0 Å². The smallest absolute Gasteiger partial charge is 0.409 e. The van der Waals surface area contributed by atoms with Gasteiger partial charge in [0, 0.05) is 13.1 Å². The van der Waals surface area contributed by atoms with Crippen molar-refractivity contribution in [3.63, 3.8) is 0 Å². The van der Waals surface area contributed by atoms with E-state index in [4.69, 9.17) is 4.74 Å². The molecule has 1 aliphatic heterocycles. The third-order valence-corrected chi connectivity index (χ3v) is 2.65. The van der Waals surface area contributed by atoms with Gasteiger partial charge in [-0.05, 0) is 24.7 Å². The topological polar surface area (TPSA) is 49.4 Å². The SMILES string of the molecule is CC(C)COC(=O)N1CCC(C[O])CC1. The van der Waals surface area contributed by atoms with Gasteiger partial charge in [-0.3, -0.25) is 0 Å². The fourth-order valence-corrected chi connectivity index (χ4v) is 1.61. The van der Waals surface area contributed by atoms with Gasteiger partial charge in [0.2, 0.25) is 0 Å². The van der Waals surface area contributed by atoms with E-state index in [0.717, 1.165) is 12.8 Å². The lowest BCUT2D eigenvalue weighted by atomic mass is 9.98. The second-order valence-electron chi connectivity index (χ2n) is 4.57. The first kappa shape index (κ1) is 12.3. The molecule has 0 spiro atoms. The molecule has 15 heavy (non-hydrogen) atoms. The summed E-state index contributed by atoms with van der Waals surface area (Å²) in [7, 11) is 0. The summed E-state index contributed by atoms with van der Waals surface area (Å²) in [6.45, 7) is 5.82. The third-order valence-electron chi connectivity index (χ3n) is 2.65. The van der Waals surface area contributed by atoms with Crippen molar-refractivity contribution < 1.29 is 14.6 Å². The van der Waals surface area contributed by atoms with Gasteiger partial charge in [0.15, 0.2) is 0 Å². The highest BCUT2D eigenvalue weighted by Crippen LogP contribution is 2.17. The summed E-state index contributed by atoms with van der Waals surface area (Å²) in [5.74, 6) is 0.618. The van der Waals surface area contributed by atoms with Crippen molar-refractivity contribution in [2.24, 2.45) is 11.8 Å². The van der Waals surface area contributed by atoms with Gasteiger partial charge in [-0.15, -0.1) is 0 Å². The summed E-state index contributed by atoms with van der Waals surface area (Å²) in [6.07, 6.45) is 1.41. The summed E-state index contributed by atoms with van der Waals surface area (Å²) >= 11 is 0. The molecular formula is C11H20NO3. The molecule has 87 valence electrons. The zero-order chi connectivity index (χ0) is 11.3. The molecule has 1 heterocycles. The van der Waals surface area contributed by atoms with Crippen molar-refractivity contribution >= 4 is 6.09 Å². The van der Waals surface area contributed by atoms with Crippen molar-refractivity contribution in [1.29, 1.82) is 0 Å². The van der Waals surface area contributed by atoms with Crippen LogP contribution in [0.3, 0.4) is 0 Å². The predicted octanol–water partition coefficient (Wildman–Crippen LogP) is 1.92. The molecule has 0 atom stereocenters. The van der Waals surface area contributed by atoms with Gasteiger partial charge in [-0.2, -0.15) is 0 Å². The highest BCUT2D eigenvalue weighted by Gasteiger charge is 2.23. The number of nitrogens with zero attached hydrogens (tertiary/aromatic N) is 1. The maximum absolute atomic E-state index is 11.5. The Balaban J connectivity index is 2.24. The summed E-state index contributed by atoms with van der Waals surface area (Å²) in [5, 5.41) is 10.6. The van der Waals surface area contributed by atoms with Crippen LogP contribution in [0.15, 0.2) is 0 Å². The summed E-state index contributed by atoms with van der Waals surface area (Å²) in [5.41, 5.74) is 0. The zero-order valence-corrected chi connectivity index (χ0v) is 9.57. The first-order valence-corrected chi connectivity index (χ1v) is 5.63. The lowest BCUT2D eigenvalue weighted by Gasteiger charge is -2.30. The molecule has 0 aliphatic carbocycles. The van der Waals surface area contributed by atoms with Crippen LogP contribution >= 0.6 is 0 Å². The Labute approximate surface area is 91.2 Å². The Kier molecular flexibility index (Phi) is 4.88. The van der Waals surface area contributed by atoms with Crippen LogP contribution in [0.5, 0.6) is 0 Å². The molecule has 1 aliphatic rings. The minimum Gasteiger partial charge on any atom is -0.449 e. The van der Waals surface area contributed by atoms with E-state index in [1.54, 1.807) is 4.90 Å². The first-order chi connectivity index (χ1) is 7.13. The van der Waals surface area contributed by atoms with Gasteiger partial charge < -0.3 is 9.64 Å². The fourth-order valence-electron chi connectivity index (χ4n) is 1.61. The minimum atomic E-state index is -0.229. The van der Waals surface area contributed by atoms with Gasteiger partial charge in [-0.25, -0.2) is 9.90 Å². The van der Waals surface area contributed by atoms with Crippen molar-refractivity contribution in [1.82, 2.24) is 4.90 Å². The van der Waals surface area contributed by atoms with E-state index in [1.807, 2.05) is 13.8 Å². The number of amides is 1. The second-order valence-corrected chi connectivity index (χ2v) is 4.57. The number of likely N-dealkylation sites (tertiary alicyclic amines) is 1. The molecule has 0 saturated carbocycles. The van der Waals surface area contributed by atoms with Crippen LogP contribution in [-0.2, 0) is 9.84 Å². The normalized spacial score (nSPS) is 18.3. The molecule has 0 unspecified atom stereocenters. The van der Waals surface area contributed by atoms with Crippen LogP contribution in [0.2, 0.25) is 0 Å². The Bertz CT molecular complexity index is 198. The van der Waals surface area contributed by atoms with Gasteiger partial charge in [0.25, 0.3) is 0 Å². The van der Waals surface area contributed by atoms with Crippen molar-refractivity contribution in [2.45, 2.75) is 26.7 Å². The number of ether oxygens (including phenoxy) is 1. The lowest BCUT2D eigenvalue weighted by molar-refractivity contribution is 0.0614. The van der Waals surface area contributed by atoms with E-state index in [9.17, 15) is 9.90 Å². The van der Waals surface area contributed by atoms with Crippen LogP contribution in [0, 0.1) is 11.8 Å². The molecule has 0 aromatic rings. The lowest BCUT2D eigenvalue weighted by Crippen LogP contribution is -2.39. The molecule has 1 fully saturated rings. The molecule has 0 aromatic carbocycles. The Morgan fingerprint density at radius 1 is 1.40 bits per heavy atom. The third kappa shape index (κ3) is 4.08. The van der Waals surface area contributed by atoms with Crippen LogP contribution in [0.4, 0.5) is 4.79 Å². The van der Waals surface area contributed by atoms with E-state index >= 15 is 0 Å². The van der Waals surface area contributed by atoms with E-state index in [2.05, 4.69) is 0 Å². The number of piperidine rings is 1. The van der Waals surface area contributed by atoms with Crippen molar-refractivity contribution in [3.8, 4) is 0 Å². The van der Waals surface area contributed by atoms with Crippen LogP contribution in [0.1, 0.15) is 26.7 Å². The van der Waals surface area contributed by atoms with Gasteiger partial charge in [0.05, 0.1) is 13.2 Å². The minimum absolute atomic E-state index is 0.0190. The second kappa shape index (κ2) is 5.95. The number of carbonyl (C=O) groups is 1. The standard InChI is InChI=1S/C11H20NO3/c1-9(2)8-15-11(14)12-5-3-10(7-13)4-6-12/h9-10H,3-8H2,1-2H3. The number of rotatable bonds is 3. The number of carbonyl (C=O) groups excluding carboxylic acids is 1. The van der Waals surface area contributed by atoms with Gasteiger partial charge in [0.1, 0.15) is 0 Å². The van der Waals surface area contributed by atoms with E-state index in [-0.39, 0.29) is 18.6 Å². The van der Waals surface area contributed by atoms with Crippen molar-refractivity contribution in [3.05, 3.63) is 0 Å². The summed E-state index contributed by atoms with van der Waals surface area (Å²) in [4.78, 5) is 13.2. The van der Waals surface area contributed by atoms with Crippen LogP contribution in [0.25, 0.3) is 0 Å². The highest BCUT2D eigenvalue weighted by atomic mass is 16.6. The van der Waals surface area contributed by atoms with E-state index in [1.165, 1.54) is 0 Å². The highest BCUT2D eigenvalue weighted by molar-refractivity contribution is 5.67. The van der Waals surface area contributed by atoms with Crippen molar-refractivity contribution in [2.75, 3.05) is 26.3 Å². The molecule has 1 radical (unpaired) electrons. The average molecular weight is 214 g/mol. The van der Waals surface area contributed by atoms with Gasteiger partial charge in [-0.1, -0.05) is 13.8 Å². The summed E-state index contributed by atoms with van der Waals surface area (Å²) < 4.78 is 5.12. The average Bonchev–Trinajstić information content (AvgIpc) is 2.26. The number of hydrogen-bond acceptors (Lipinski definition) is 2. The quantitative estimate of drug-likeness (QED) is 0.720. The Hall–Kier alpha value is -0.770. The molecule has 0 aromatic heterocycles. The molecule has 1 saturated heterocycles. The number of hydrogen-bond donors (Lipinski definition) is 0. The molecular weight excluding hydrogens is 194 g/mol. The predicted molar refractivity (Wildman–Crippen MR) is 56.0 cm³/mol. The molecule has 1 rings (SSSR count). The maximum Gasteiger partial charge on any atom is 0.409 e. The molecule has 1 amide bonds.